The molecule has 1 aromatic heterocycles. The highest BCUT2D eigenvalue weighted by molar-refractivity contribution is 7.80. The summed E-state index contributed by atoms with van der Waals surface area (Å²) in [4.78, 5) is 3.45. The van der Waals surface area contributed by atoms with Gasteiger partial charge < -0.3 is 20.4 Å². The van der Waals surface area contributed by atoms with E-state index in [0.717, 1.165) is 24.4 Å². The fourth-order valence-electron chi connectivity index (χ4n) is 3.00. The minimum Gasteiger partial charge on any atom is -0.497 e. The SMILES string of the molecule is COc1cccc(NC(=S)NCCc2c(C)[nH]c3ccc(C)cc23)c1. The van der Waals surface area contributed by atoms with E-state index in [2.05, 4.69) is 47.7 Å². The maximum absolute atomic E-state index is 5.39. The number of H-pyrrole nitrogens is 1. The van der Waals surface area contributed by atoms with Crippen molar-refractivity contribution < 1.29 is 4.74 Å². The molecule has 5 heteroatoms. The first-order valence-electron chi connectivity index (χ1n) is 8.33. The van der Waals surface area contributed by atoms with Gasteiger partial charge in [0.1, 0.15) is 5.75 Å². The summed E-state index contributed by atoms with van der Waals surface area (Å²) in [5.74, 6) is 0.803. The summed E-state index contributed by atoms with van der Waals surface area (Å²) in [7, 11) is 1.65. The lowest BCUT2D eigenvalue weighted by atomic mass is 10.1. The Morgan fingerprint density at radius 1 is 1.16 bits per heavy atom. The number of aryl methyl sites for hydroxylation is 2. The molecule has 3 rings (SSSR count). The summed E-state index contributed by atoms with van der Waals surface area (Å²) in [5.41, 5.74) is 5.94. The highest BCUT2D eigenvalue weighted by Crippen LogP contribution is 2.23. The van der Waals surface area contributed by atoms with E-state index < -0.39 is 0 Å². The molecule has 25 heavy (non-hydrogen) atoms. The molecule has 0 saturated carbocycles. The number of anilines is 1. The van der Waals surface area contributed by atoms with Gasteiger partial charge in [0.25, 0.3) is 0 Å². The minimum atomic E-state index is 0.613. The summed E-state index contributed by atoms with van der Waals surface area (Å²) < 4.78 is 5.22. The lowest BCUT2D eigenvalue weighted by Crippen LogP contribution is -2.30. The molecule has 2 aromatic carbocycles. The summed E-state index contributed by atoms with van der Waals surface area (Å²) in [6.45, 7) is 5.02. The van der Waals surface area contributed by atoms with Crippen molar-refractivity contribution in [2.24, 2.45) is 0 Å². The van der Waals surface area contributed by atoms with Crippen LogP contribution in [0.3, 0.4) is 0 Å². The number of hydrogen-bond donors (Lipinski definition) is 3. The predicted octanol–water partition coefficient (Wildman–Crippen LogP) is 4.32. The third-order valence-corrected chi connectivity index (χ3v) is 4.51. The van der Waals surface area contributed by atoms with Gasteiger partial charge in [0.2, 0.25) is 0 Å². The molecule has 3 N–H and O–H groups in total. The number of nitrogens with one attached hydrogen (secondary N) is 3. The molecule has 130 valence electrons. The Balaban J connectivity index is 1.60. The van der Waals surface area contributed by atoms with Gasteiger partial charge in [-0.25, -0.2) is 0 Å². The van der Waals surface area contributed by atoms with Crippen molar-refractivity contribution in [2.45, 2.75) is 20.3 Å². The summed E-state index contributed by atoms with van der Waals surface area (Å²) >= 11 is 5.39. The number of benzene rings is 2. The number of aromatic amines is 1. The van der Waals surface area contributed by atoms with Crippen LogP contribution >= 0.6 is 12.2 Å². The number of fused-ring (bicyclic) bond motifs is 1. The molecule has 0 saturated heterocycles. The van der Waals surface area contributed by atoms with Crippen LogP contribution in [0.2, 0.25) is 0 Å². The first kappa shape index (κ1) is 17.3. The zero-order chi connectivity index (χ0) is 17.8. The standard InChI is InChI=1S/C20H23N3OS/c1-13-7-8-19-18(11-13)17(14(2)22-19)9-10-21-20(25)23-15-5-4-6-16(12-15)24-3/h4-8,11-12,22H,9-10H2,1-3H3,(H2,21,23,25). The summed E-state index contributed by atoms with van der Waals surface area (Å²) in [6.07, 6.45) is 0.912. The zero-order valence-corrected chi connectivity index (χ0v) is 15.6. The van der Waals surface area contributed by atoms with Crippen LogP contribution in [-0.4, -0.2) is 23.8 Å². The number of aromatic nitrogens is 1. The topological polar surface area (TPSA) is 49.1 Å². The van der Waals surface area contributed by atoms with E-state index in [1.807, 2.05) is 24.3 Å². The van der Waals surface area contributed by atoms with Gasteiger partial charge in [0.05, 0.1) is 7.11 Å². The van der Waals surface area contributed by atoms with Crippen LogP contribution in [0.4, 0.5) is 5.69 Å². The molecule has 0 bridgehead atoms. The second kappa shape index (κ2) is 7.57. The Morgan fingerprint density at radius 3 is 2.80 bits per heavy atom. The molecule has 3 aromatic rings. The van der Waals surface area contributed by atoms with E-state index in [1.54, 1.807) is 7.11 Å². The maximum Gasteiger partial charge on any atom is 0.170 e. The van der Waals surface area contributed by atoms with Crippen molar-refractivity contribution in [2.75, 3.05) is 19.0 Å². The quantitative estimate of drug-likeness (QED) is 0.598. The van der Waals surface area contributed by atoms with Crippen LogP contribution in [-0.2, 0) is 6.42 Å². The van der Waals surface area contributed by atoms with Crippen molar-refractivity contribution in [1.82, 2.24) is 10.3 Å². The van der Waals surface area contributed by atoms with Gasteiger partial charge in [-0.3, -0.25) is 0 Å². The van der Waals surface area contributed by atoms with E-state index in [1.165, 1.54) is 27.7 Å². The Bertz CT molecular complexity index is 901. The molecule has 0 fully saturated rings. The third-order valence-electron chi connectivity index (χ3n) is 4.26. The van der Waals surface area contributed by atoms with Crippen molar-refractivity contribution in [3.63, 3.8) is 0 Å². The first-order valence-corrected chi connectivity index (χ1v) is 8.74. The lowest BCUT2D eigenvalue weighted by Gasteiger charge is -2.11. The van der Waals surface area contributed by atoms with E-state index in [9.17, 15) is 0 Å². The van der Waals surface area contributed by atoms with E-state index in [4.69, 9.17) is 17.0 Å². The largest absolute Gasteiger partial charge is 0.497 e. The van der Waals surface area contributed by atoms with Gasteiger partial charge in [-0.05, 0) is 62.3 Å². The summed E-state index contributed by atoms with van der Waals surface area (Å²) in [6, 6.07) is 14.2. The monoisotopic (exact) mass is 353 g/mol. The fourth-order valence-corrected chi connectivity index (χ4v) is 3.22. The van der Waals surface area contributed by atoms with Crippen molar-refractivity contribution >= 4 is 33.9 Å². The highest BCUT2D eigenvalue weighted by atomic mass is 32.1. The van der Waals surface area contributed by atoms with Gasteiger partial charge in [-0.2, -0.15) is 0 Å². The molecule has 0 aliphatic carbocycles. The van der Waals surface area contributed by atoms with Crippen LogP contribution in [0, 0.1) is 13.8 Å². The van der Waals surface area contributed by atoms with E-state index >= 15 is 0 Å². The van der Waals surface area contributed by atoms with Crippen LogP contribution in [0.25, 0.3) is 10.9 Å². The van der Waals surface area contributed by atoms with Gasteiger partial charge >= 0.3 is 0 Å². The second-order valence-electron chi connectivity index (χ2n) is 6.14. The van der Waals surface area contributed by atoms with E-state index in [0.29, 0.717) is 5.11 Å². The first-order chi connectivity index (χ1) is 12.1. The Morgan fingerprint density at radius 2 is 2.00 bits per heavy atom. The van der Waals surface area contributed by atoms with E-state index in [-0.39, 0.29) is 0 Å². The average molecular weight is 353 g/mol. The molecular weight excluding hydrogens is 330 g/mol. The molecule has 1 heterocycles. The number of thiocarbonyl (C=S) groups is 1. The van der Waals surface area contributed by atoms with Gasteiger partial charge in [0, 0.05) is 34.9 Å². The lowest BCUT2D eigenvalue weighted by molar-refractivity contribution is 0.415. The predicted molar refractivity (Wildman–Crippen MR) is 109 cm³/mol. The van der Waals surface area contributed by atoms with Gasteiger partial charge in [-0.15, -0.1) is 0 Å². The molecule has 0 unspecified atom stereocenters. The van der Waals surface area contributed by atoms with Crippen molar-refractivity contribution in [3.8, 4) is 5.75 Å². The molecule has 0 aliphatic rings. The number of hydrogen-bond acceptors (Lipinski definition) is 2. The van der Waals surface area contributed by atoms with Gasteiger partial charge in [0.15, 0.2) is 5.11 Å². The van der Waals surface area contributed by atoms with Crippen molar-refractivity contribution in [3.05, 3.63) is 59.3 Å². The normalized spacial score (nSPS) is 10.7. The number of ether oxygens (including phenoxy) is 1. The smallest absolute Gasteiger partial charge is 0.170 e. The van der Waals surface area contributed by atoms with Crippen LogP contribution in [0.5, 0.6) is 5.75 Å². The Hall–Kier alpha value is -2.53. The minimum absolute atomic E-state index is 0.613. The van der Waals surface area contributed by atoms with Gasteiger partial charge in [-0.1, -0.05) is 17.7 Å². The molecule has 0 spiro atoms. The highest BCUT2D eigenvalue weighted by Gasteiger charge is 2.08. The molecule has 0 amide bonds. The summed E-state index contributed by atoms with van der Waals surface area (Å²) in [5, 5.41) is 8.38. The van der Waals surface area contributed by atoms with Crippen LogP contribution < -0.4 is 15.4 Å². The Kier molecular flexibility index (Phi) is 5.24. The molecule has 4 nitrogen and oxygen atoms in total. The molecule has 0 atom stereocenters. The molecular formula is C20H23N3OS. The fraction of sp³-hybridized carbons (Fsp3) is 0.250. The second-order valence-corrected chi connectivity index (χ2v) is 6.55. The molecule has 0 radical (unpaired) electrons. The van der Waals surface area contributed by atoms with Crippen molar-refractivity contribution in [1.29, 1.82) is 0 Å². The van der Waals surface area contributed by atoms with Crippen LogP contribution in [0.15, 0.2) is 42.5 Å². The Labute approximate surface area is 153 Å². The average Bonchev–Trinajstić information content (AvgIpc) is 2.90. The van der Waals surface area contributed by atoms with Crippen LogP contribution in [0.1, 0.15) is 16.8 Å². The third kappa shape index (κ3) is 4.12. The number of rotatable bonds is 5. The molecule has 0 aliphatic heterocycles. The number of methoxy groups -OCH3 is 1. The zero-order valence-electron chi connectivity index (χ0n) is 14.8. The maximum atomic E-state index is 5.39.